The molecule has 1 N–H and O–H groups in total. The van der Waals surface area contributed by atoms with Crippen molar-refractivity contribution in [1.29, 1.82) is 0 Å². The fraction of sp³-hybridized carbons (Fsp3) is 0.556. The minimum Gasteiger partial charge on any atom is -0.460 e. The molecule has 1 saturated heterocycles. The maximum Gasteiger partial charge on any atom is 0.416 e. The number of hydrogen-bond donors (Lipinski definition) is 1. The summed E-state index contributed by atoms with van der Waals surface area (Å²) >= 11 is 0. The average molecular weight is 371 g/mol. The Kier molecular flexibility index (Phi) is 6.50. The molecular formula is C18H24F3N3O2. The van der Waals surface area contributed by atoms with Gasteiger partial charge in [-0.3, -0.25) is 5.43 Å². The summed E-state index contributed by atoms with van der Waals surface area (Å²) in [6.45, 7) is 5.88. The first-order chi connectivity index (χ1) is 12.2. The molecule has 0 bridgehead atoms. The lowest BCUT2D eigenvalue weighted by Crippen LogP contribution is -2.51. The second-order valence-electron chi connectivity index (χ2n) is 6.38. The zero-order valence-electron chi connectivity index (χ0n) is 15.1. The van der Waals surface area contributed by atoms with E-state index in [1.54, 1.807) is 6.92 Å². The second-order valence-corrected chi connectivity index (χ2v) is 6.38. The Labute approximate surface area is 151 Å². The van der Waals surface area contributed by atoms with Gasteiger partial charge in [0.15, 0.2) is 0 Å². The number of alkyl halides is 3. The van der Waals surface area contributed by atoms with E-state index in [2.05, 4.69) is 10.5 Å². The summed E-state index contributed by atoms with van der Waals surface area (Å²) in [6, 6.07) is 4.86. The number of hydrazone groups is 1. The molecule has 0 unspecified atom stereocenters. The van der Waals surface area contributed by atoms with Gasteiger partial charge in [0.05, 0.1) is 17.9 Å². The number of amidine groups is 1. The molecule has 0 saturated carbocycles. The maximum absolute atomic E-state index is 12.8. The van der Waals surface area contributed by atoms with Crippen LogP contribution < -0.4 is 5.43 Å². The molecule has 1 aliphatic heterocycles. The molecule has 5 nitrogen and oxygen atoms in total. The molecule has 2 rings (SSSR count). The van der Waals surface area contributed by atoms with E-state index in [9.17, 15) is 18.0 Å². The number of nitrogens with zero attached hydrogens (tertiary/aromatic N) is 2. The molecule has 0 aromatic heterocycles. The number of ether oxygens (including phenoxy) is 1. The lowest BCUT2D eigenvalue weighted by Gasteiger charge is -2.40. The highest BCUT2D eigenvalue weighted by molar-refractivity contribution is 6.35. The van der Waals surface area contributed by atoms with Crippen LogP contribution in [0.5, 0.6) is 0 Å². The van der Waals surface area contributed by atoms with Crippen molar-refractivity contribution in [3.8, 4) is 0 Å². The lowest BCUT2D eigenvalue weighted by molar-refractivity contribution is -0.138. The van der Waals surface area contributed by atoms with E-state index in [-0.39, 0.29) is 30.2 Å². The molecule has 144 valence electrons. The van der Waals surface area contributed by atoms with E-state index >= 15 is 0 Å². The number of piperidine rings is 1. The van der Waals surface area contributed by atoms with Crippen LogP contribution in [0.15, 0.2) is 29.4 Å². The Hall–Kier alpha value is -2.25. The highest BCUT2D eigenvalue weighted by atomic mass is 19.4. The summed E-state index contributed by atoms with van der Waals surface area (Å²) in [5.41, 5.74) is 1.95. The van der Waals surface area contributed by atoms with Crippen molar-refractivity contribution in [1.82, 2.24) is 4.90 Å². The van der Waals surface area contributed by atoms with Crippen molar-refractivity contribution >= 4 is 17.5 Å². The van der Waals surface area contributed by atoms with Crippen LogP contribution >= 0.6 is 0 Å². The normalized spacial score (nSPS) is 21.5. The number of hydrogen-bond acceptors (Lipinski definition) is 4. The van der Waals surface area contributed by atoms with Gasteiger partial charge in [-0.1, -0.05) is 6.07 Å². The topological polar surface area (TPSA) is 53.9 Å². The summed E-state index contributed by atoms with van der Waals surface area (Å²) in [4.78, 5) is 14.2. The number of nitrogens with one attached hydrogen (secondary N) is 1. The predicted octanol–water partition coefficient (Wildman–Crippen LogP) is 4.26. The van der Waals surface area contributed by atoms with Gasteiger partial charge < -0.3 is 9.64 Å². The van der Waals surface area contributed by atoms with Gasteiger partial charge in [-0.15, -0.1) is 5.10 Å². The van der Waals surface area contributed by atoms with E-state index in [0.29, 0.717) is 0 Å². The number of benzene rings is 1. The predicted molar refractivity (Wildman–Crippen MR) is 93.7 cm³/mol. The third-order valence-electron chi connectivity index (χ3n) is 4.38. The molecule has 1 heterocycles. The highest BCUT2D eigenvalue weighted by Crippen LogP contribution is 2.30. The molecule has 0 amide bonds. The summed E-state index contributed by atoms with van der Waals surface area (Å²) in [6.07, 6.45) is -1.57. The Morgan fingerprint density at radius 1 is 1.31 bits per heavy atom. The largest absolute Gasteiger partial charge is 0.460 e. The van der Waals surface area contributed by atoms with Crippen molar-refractivity contribution in [3.05, 3.63) is 29.8 Å². The number of anilines is 1. The standard InChI is InChI=1S/C18H24F3N3O2/c1-4-26-17(25)16(24-12(2)7-5-8-13(24)3)23-22-15-10-6-9-14(11-15)18(19,20)21/h6,9-13,22H,4-5,7-8H2,1-3H3/b23-16-/t12-,13-/m1/s1. The van der Waals surface area contributed by atoms with Crippen molar-refractivity contribution in [2.24, 2.45) is 5.10 Å². The van der Waals surface area contributed by atoms with E-state index in [1.165, 1.54) is 12.1 Å². The van der Waals surface area contributed by atoms with Crippen molar-refractivity contribution in [2.75, 3.05) is 12.0 Å². The molecule has 0 aliphatic carbocycles. The number of esters is 1. The molecule has 0 spiro atoms. The fourth-order valence-corrected chi connectivity index (χ4v) is 3.13. The van der Waals surface area contributed by atoms with Crippen molar-refractivity contribution < 1.29 is 22.7 Å². The van der Waals surface area contributed by atoms with Gasteiger partial charge in [0.25, 0.3) is 0 Å². The SMILES string of the molecule is CCOC(=O)/C(=N/Nc1cccc(C(F)(F)F)c1)N1[C@H](C)CCC[C@H]1C. The molecule has 1 aliphatic rings. The molecule has 1 aromatic carbocycles. The smallest absolute Gasteiger partial charge is 0.416 e. The molecule has 0 radical (unpaired) electrons. The van der Waals surface area contributed by atoms with Crippen LogP contribution in [0.25, 0.3) is 0 Å². The number of halogens is 3. The molecule has 8 heteroatoms. The molecular weight excluding hydrogens is 347 g/mol. The number of rotatable bonds is 3. The zero-order valence-corrected chi connectivity index (χ0v) is 15.1. The zero-order chi connectivity index (χ0) is 19.3. The Morgan fingerprint density at radius 2 is 1.96 bits per heavy atom. The first-order valence-electron chi connectivity index (χ1n) is 8.70. The van der Waals surface area contributed by atoms with Crippen LogP contribution in [0, 0.1) is 0 Å². The van der Waals surface area contributed by atoms with Crippen molar-refractivity contribution in [2.45, 2.75) is 58.3 Å². The minimum absolute atomic E-state index is 0.0870. The number of carbonyl (C=O) groups excluding carboxylic acids is 1. The van der Waals surface area contributed by atoms with Crippen LogP contribution in [-0.4, -0.2) is 35.4 Å². The van der Waals surface area contributed by atoms with Crippen molar-refractivity contribution in [3.63, 3.8) is 0 Å². The van der Waals surface area contributed by atoms with E-state index in [4.69, 9.17) is 4.74 Å². The van der Waals surface area contributed by atoms with E-state index < -0.39 is 17.7 Å². The molecule has 2 atom stereocenters. The van der Waals surface area contributed by atoms with Crippen LogP contribution in [0.4, 0.5) is 18.9 Å². The van der Waals surface area contributed by atoms with Gasteiger partial charge in [-0.05, 0) is 58.2 Å². The minimum atomic E-state index is -4.44. The average Bonchev–Trinajstić information content (AvgIpc) is 2.57. The van der Waals surface area contributed by atoms with Crippen LogP contribution in [0.1, 0.15) is 45.6 Å². The first-order valence-corrected chi connectivity index (χ1v) is 8.70. The third kappa shape index (κ3) is 4.89. The highest BCUT2D eigenvalue weighted by Gasteiger charge is 2.33. The monoisotopic (exact) mass is 371 g/mol. The molecule has 1 aromatic rings. The van der Waals surface area contributed by atoms with E-state index in [0.717, 1.165) is 31.4 Å². The molecule has 1 fully saturated rings. The molecule has 26 heavy (non-hydrogen) atoms. The third-order valence-corrected chi connectivity index (χ3v) is 4.38. The number of likely N-dealkylation sites (tertiary alicyclic amines) is 1. The summed E-state index contributed by atoms with van der Waals surface area (Å²) < 4.78 is 43.6. The van der Waals surface area contributed by atoms with Gasteiger partial charge in [0, 0.05) is 12.1 Å². The number of carbonyl (C=O) groups is 1. The lowest BCUT2D eigenvalue weighted by atomic mass is 9.97. The van der Waals surface area contributed by atoms with Gasteiger partial charge >= 0.3 is 12.1 Å². The first kappa shape index (κ1) is 20.1. The summed E-state index contributed by atoms with van der Waals surface area (Å²) in [5, 5.41) is 4.11. The van der Waals surface area contributed by atoms with E-state index in [1.807, 2.05) is 18.7 Å². The van der Waals surface area contributed by atoms with Gasteiger partial charge in [-0.25, -0.2) is 4.79 Å². The Morgan fingerprint density at radius 3 is 2.54 bits per heavy atom. The summed E-state index contributed by atoms with van der Waals surface area (Å²) in [5.74, 6) is -0.503. The van der Waals surface area contributed by atoms with Crippen LogP contribution in [0.3, 0.4) is 0 Å². The van der Waals surface area contributed by atoms with Crippen LogP contribution in [-0.2, 0) is 15.7 Å². The van der Waals surface area contributed by atoms with Crippen LogP contribution in [0.2, 0.25) is 0 Å². The van der Waals surface area contributed by atoms with Gasteiger partial charge in [0.2, 0.25) is 5.84 Å². The van der Waals surface area contributed by atoms with Gasteiger partial charge in [-0.2, -0.15) is 13.2 Å². The van der Waals surface area contributed by atoms with Gasteiger partial charge in [0.1, 0.15) is 0 Å². The second kappa shape index (κ2) is 8.42. The fourth-order valence-electron chi connectivity index (χ4n) is 3.13. The summed E-state index contributed by atoms with van der Waals surface area (Å²) in [7, 11) is 0. The maximum atomic E-state index is 12.8. The Bertz CT molecular complexity index is 651. The Balaban J connectivity index is 2.29. The quantitative estimate of drug-likeness (QED) is 0.373.